The third-order valence-corrected chi connectivity index (χ3v) is 4.33. The Labute approximate surface area is 142 Å². The number of anilines is 1. The molecule has 1 atom stereocenters. The molecule has 0 saturated heterocycles. The fraction of sp³-hybridized carbons (Fsp3) is 0.562. The van der Waals surface area contributed by atoms with Gasteiger partial charge in [-0.25, -0.2) is 0 Å². The van der Waals surface area contributed by atoms with E-state index in [9.17, 15) is 9.90 Å². The first-order valence-corrected chi connectivity index (χ1v) is 8.35. The van der Waals surface area contributed by atoms with Crippen LogP contribution in [0, 0.1) is 6.92 Å². The predicted octanol–water partition coefficient (Wildman–Crippen LogP) is 2.97. The summed E-state index contributed by atoms with van der Waals surface area (Å²) in [5.74, 6) is 0.157. The lowest BCUT2D eigenvalue weighted by Gasteiger charge is -2.32. The van der Waals surface area contributed by atoms with Crippen molar-refractivity contribution in [3.05, 3.63) is 29.3 Å². The molecule has 0 bridgehead atoms. The summed E-state index contributed by atoms with van der Waals surface area (Å²) in [6.45, 7) is 5.54. The average Bonchev–Trinajstić information content (AvgIpc) is 2.46. The van der Waals surface area contributed by atoms with E-state index >= 15 is 0 Å². The van der Waals surface area contributed by atoms with Crippen LogP contribution in [0.3, 0.4) is 0 Å². The van der Waals surface area contributed by atoms with Crippen LogP contribution < -0.4 is 10.6 Å². The van der Waals surface area contributed by atoms with E-state index in [1.54, 1.807) is 0 Å². The molecular weight excluding hydrogens is 323 g/mol. The molecule has 0 radical (unpaired) electrons. The van der Waals surface area contributed by atoms with Gasteiger partial charge < -0.3 is 15.7 Å². The van der Waals surface area contributed by atoms with Crippen molar-refractivity contribution in [2.75, 3.05) is 36.3 Å². The molecule has 0 amide bonds. The number of hydrogen-bond donors (Lipinski definition) is 2. The molecule has 0 aliphatic rings. The summed E-state index contributed by atoms with van der Waals surface area (Å²) in [6, 6.07) is 5.90. The fourth-order valence-electron chi connectivity index (χ4n) is 2.79. The Morgan fingerprint density at radius 2 is 1.91 bits per heavy atom. The third kappa shape index (κ3) is 4.51. The molecule has 0 heterocycles. The summed E-state index contributed by atoms with van der Waals surface area (Å²) in [5.41, 5.74) is 8.31. The van der Waals surface area contributed by atoms with Gasteiger partial charge in [-0.05, 0) is 24.1 Å². The van der Waals surface area contributed by atoms with Gasteiger partial charge in [-0.2, -0.15) is 0 Å². The minimum absolute atomic E-state index is 0.00118. The maximum absolute atomic E-state index is 11.2. The fourth-order valence-corrected chi connectivity index (χ4v) is 3.20. The molecule has 0 spiro atoms. The van der Waals surface area contributed by atoms with Gasteiger partial charge in [0, 0.05) is 42.5 Å². The summed E-state index contributed by atoms with van der Waals surface area (Å²) >= 11 is 11.8. The topological polar surface area (TPSA) is 66.6 Å². The number of rotatable bonds is 9. The summed E-state index contributed by atoms with van der Waals surface area (Å²) < 4.78 is 0. The zero-order chi connectivity index (χ0) is 16.8. The van der Waals surface area contributed by atoms with Crippen LogP contribution in [-0.2, 0) is 10.2 Å². The largest absolute Gasteiger partial charge is 0.481 e. The number of aliphatic carboxylic acids is 1. The minimum Gasteiger partial charge on any atom is -0.481 e. The molecule has 1 unspecified atom stereocenters. The molecule has 1 rings (SSSR count). The Bertz CT molecular complexity index is 505. The number of carbonyl (C=O) groups is 1. The summed E-state index contributed by atoms with van der Waals surface area (Å²) in [5, 5.41) is 9.18. The van der Waals surface area contributed by atoms with Gasteiger partial charge in [0.25, 0.3) is 0 Å². The zero-order valence-corrected chi connectivity index (χ0v) is 14.6. The molecule has 4 nitrogen and oxygen atoms in total. The smallest absolute Gasteiger partial charge is 0.304 e. The molecule has 22 heavy (non-hydrogen) atoms. The maximum Gasteiger partial charge on any atom is 0.304 e. The van der Waals surface area contributed by atoms with Crippen LogP contribution in [0.15, 0.2) is 18.2 Å². The number of nitrogens with zero attached hydrogens (tertiary/aromatic N) is 1. The first kappa shape index (κ1) is 19.1. The van der Waals surface area contributed by atoms with Crippen molar-refractivity contribution in [1.82, 2.24) is 0 Å². The number of carboxylic acids is 1. The van der Waals surface area contributed by atoms with Crippen molar-refractivity contribution in [2.24, 2.45) is 5.73 Å². The van der Waals surface area contributed by atoms with E-state index in [4.69, 9.17) is 28.9 Å². The Kier molecular flexibility index (Phi) is 7.46. The van der Waals surface area contributed by atoms with E-state index in [0.717, 1.165) is 16.8 Å². The van der Waals surface area contributed by atoms with Gasteiger partial charge in [0.05, 0.1) is 6.42 Å². The van der Waals surface area contributed by atoms with Crippen molar-refractivity contribution in [3.8, 4) is 0 Å². The summed E-state index contributed by atoms with van der Waals surface area (Å²) in [7, 11) is 0. The number of nitrogens with two attached hydrogens (primary N) is 1. The number of benzene rings is 1. The summed E-state index contributed by atoms with van der Waals surface area (Å²) in [4.78, 5) is 13.3. The first-order chi connectivity index (χ1) is 10.4. The lowest BCUT2D eigenvalue weighted by Crippen LogP contribution is -2.36. The van der Waals surface area contributed by atoms with Gasteiger partial charge in [0.2, 0.25) is 0 Å². The van der Waals surface area contributed by atoms with E-state index in [0.29, 0.717) is 24.8 Å². The standard InChI is InChI=1S/C16H24Cl2N2O2/c1-12-13(16(2,11-19)10-15(21)22)4-3-5-14(12)20(8-6-17)9-7-18/h3-5H,6-11,19H2,1-2H3,(H,21,22). The lowest BCUT2D eigenvalue weighted by molar-refractivity contribution is -0.138. The second-order valence-corrected chi connectivity index (χ2v) is 6.41. The Balaban J connectivity index is 3.28. The molecule has 0 fully saturated rings. The first-order valence-electron chi connectivity index (χ1n) is 7.28. The van der Waals surface area contributed by atoms with Gasteiger partial charge in [-0.1, -0.05) is 19.1 Å². The molecule has 1 aromatic carbocycles. The SMILES string of the molecule is Cc1c(N(CCCl)CCCl)cccc1C(C)(CN)CC(=O)O. The predicted molar refractivity (Wildman–Crippen MR) is 93.5 cm³/mol. The van der Waals surface area contributed by atoms with Gasteiger partial charge in [-0.3, -0.25) is 4.79 Å². The molecular formula is C16H24Cl2N2O2. The molecule has 3 N–H and O–H groups in total. The van der Waals surface area contributed by atoms with E-state index < -0.39 is 11.4 Å². The van der Waals surface area contributed by atoms with Crippen molar-refractivity contribution in [3.63, 3.8) is 0 Å². The molecule has 0 aromatic heterocycles. The minimum atomic E-state index is -0.851. The average molecular weight is 347 g/mol. The monoisotopic (exact) mass is 346 g/mol. The molecule has 0 aliphatic heterocycles. The highest BCUT2D eigenvalue weighted by atomic mass is 35.5. The maximum atomic E-state index is 11.2. The second-order valence-electron chi connectivity index (χ2n) is 5.65. The molecule has 1 aromatic rings. The van der Waals surface area contributed by atoms with Crippen molar-refractivity contribution in [2.45, 2.75) is 25.7 Å². The highest BCUT2D eigenvalue weighted by molar-refractivity contribution is 6.18. The highest BCUT2D eigenvalue weighted by Gasteiger charge is 2.30. The van der Waals surface area contributed by atoms with Crippen LogP contribution in [-0.4, -0.2) is 42.5 Å². The van der Waals surface area contributed by atoms with Gasteiger partial charge >= 0.3 is 5.97 Å². The van der Waals surface area contributed by atoms with Gasteiger partial charge in [0.15, 0.2) is 0 Å². The van der Waals surface area contributed by atoms with E-state index in [1.807, 2.05) is 32.0 Å². The van der Waals surface area contributed by atoms with Crippen LogP contribution in [0.4, 0.5) is 5.69 Å². The summed E-state index contributed by atoms with van der Waals surface area (Å²) in [6.07, 6.45) is -0.00118. The van der Waals surface area contributed by atoms with Crippen LogP contribution >= 0.6 is 23.2 Å². The van der Waals surface area contributed by atoms with Crippen LogP contribution in [0.2, 0.25) is 0 Å². The van der Waals surface area contributed by atoms with Crippen LogP contribution in [0.5, 0.6) is 0 Å². The highest BCUT2D eigenvalue weighted by Crippen LogP contribution is 2.34. The number of hydrogen-bond acceptors (Lipinski definition) is 3. The number of halogens is 2. The quantitative estimate of drug-likeness (QED) is 0.674. The normalized spacial score (nSPS) is 13.7. The molecule has 6 heteroatoms. The van der Waals surface area contributed by atoms with E-state index in [2.05, 4.69) is 4.90 Å². The lowest BCUT2D eigenvalue weighted by atomic mass is 9.77. The third-order valence-electron chi connectivity index (χ3n) is 4.00. The Morgan fingerprint density at radius 3 is 2.36 bits per heavy atom. The van der Waals surface area contributed by atoms with E-state index in [-0.39, 0.29) is 13.0 Å². The van der Waals surface area contributed by atoms with Crippen LogP contribution in [0.25, 0.3) is 0 Å². The molecule has 0 saturated carbocycles. The number of alkyl halides is 2. The zero-order valence-electron chi connectivity index (χ0n) is 13.1. The Morgan fingerprint density at radius 1 is 1.32 bits per heavy atom. The Hall–Kier alpha value is -0.970. The van der Waals surface area contributed by atoms with E-state index in [1.165, 1.54) is 0 Å². The molecule has 124 valence electrons. The number of carboxylic acid groups (broad SMARTS) is 1. The van der Waals surface area contributed by atoms with Crippen molar-refractivity contribution in [1.29, 1.82) is 0 Å². The molecule has 0 aliphatic carbocycles. The van der Waals surface area contributed by atoms with Gasteiger partial charge in [0.1, 0.15) is 0 Å². The van der Waals surface area contributed by atoms with Gasteiger partial charge in [-0.15, -0.1) is 23.2 Å². The van der Waals surface area contributed by atoms with Crippen molar-refractivity contribution >= 4 is 34.9 Å². The second kappa shape index (κ2) is 8.61. The van der Waals surface area contributed by atoms with Crippen LogP contribution in [0.1, 0.15) is 24.5 Å². The van der Waals surface area contributed by atoms with Crippen molar-refractivity contribution < 1.29 is 9.90 Å².